The highest BCUT2D eigenvalue weighted by atomic mass is 32.2. The number of halogens is 3. The third kappa shape index (κ3) is 6.18. The SMILES string of the molecule is NS(=O)(=O)c1ccc(N[C@H](CCN2CC3CCC2C3)CSc2ccccc2)c(S(=O)(=O)C(F)(F)F)c1. The Morgan fingerprint density at radius 1 is 1.08 bits per heavy atom. The maximum absolute atomic E-state index is 13.5. The highest BCUT2D eigenvalue weighted by molar-refractivity contribution is 7.99. The number of likely N-dealkylation sites (tertiary alicyclic amines) is 1. The summed E-state index contributed by atoms with van der Waals surface area (Å²) in [6, 6.07) is 12.1. The van der Waals surface area contributed by atoms with E-state index in [4.69, 9.17) is 5.14 Å². The number of hydrogen-bond acceptors (Lipinski definition) is 7. The van der Waals surface area contributed by atoms with E-state index in [1.54, 1.807) is 0 Å². The van der Waals surface area contributed by atoms with Crippen LogP contribution in [0.25, 0.3) is 0 Å². The van der Waals surface area contributed by atoms with E-state index >= 15 is 0 Å². The third-order valence-corrected chi connectivity index (χ3v) is 10.3. The van der Waals surface area contributed by atoms with E-state index in [2.05, 4.69) is 10.2 Å². The van der Waals surface area contributed by atoms with Gasteiger partial charge in [-0.2, -0.15) is 13.2 Å². The number of sulfonamides is 1. The summed E-state index contributed by atoms with van der Waals surface area (Å²) in [5.74, 6) is 1.16. The number of thioether (sulfide) groups is 1. The Balaban J connectivity index is 1.61. The van der Waals surface area contributed by atoms with Gasteiger partial charge in [0.15, 0.2) is 0 Å². The van der Waals surface area contributed by atoms with Crippen LogP contribution in [-0.4, -0.2) is 58.2 Å². The second-order valence-electron chi connectivity index (χ2n) is 9.23. The number of anilines is 1. The molecular formula is C23H28F3N3O4S3. The Morgan fingerprint density at radius 2 is 1.81 bits per heavy atom. The van der Waals surface area contributed by atoms with E-state index in [0.29, 0.717) is 30.2 Å². The zero-order valence-corrected chi connectivity index (χ0v) is 21.8. The molecule has 4 rings (SSSR count). The molecule has 0 aromatic heterocycles. The van der Waals surface area contributed by atoms with Crippen LogP contribution in [0.4, 0.5) is 18.9 Å². The van der Waals surface area contributed by atoms with Crippen LogP contribution in [-0.2, 0) is 19.9 Å². The molecule has 2 aliphatic rings. The smallest absolute Gasteiger partial charge is 0.380 e. The Hall–Kier alpha value is -1.80. The first kappa shape index (κ1) is 27.2. The molecule has 1 saturated heterocycles. The minimum atomic E-state index is -5.84. The van der Waals surface area contributed by atoms with Gasteiger partial charge in [0.25, 0.3) is 9.84 Å². The van der Waals surface area contributed by atoms with Crippen LogP contribution < -0.4 is 10.5 Å². The number of hydrogen-bond donors (Lipinski definition) is 2. The van der Waals surface area contributed by atoms with Crippen molar-refractivity contribution in [2.75, 3.05) is 24.2 Å². The van der Waals surface area contributed by atoms with E-state index in [0.717, 1.165) is 36.5 Å². The lowest BCUT2D eigenvalue weighted by molar-refractivity contribution is -0.0435. The van der Waals surface area contributed by atoms with Gasteiger partial charge >= 0.3 is 5.51 Å². The second kappa shape index (κ2) is 10.5. The predicted molar refractivity (Wildman–Crippen MR) is 133 cm³/mol. The number of nitrogens with two attached hydrogens (primary N) is 1. The van der Waals surface area contributed by atoms with Gasteiger partial charge in [-0.15, -0.1) is 11.8 Å². The second-order valence-corrected chi connectivity index (χ2v) is 13.8. The summed E-state index contributed by atoms with van der Waals surface area (Å²) in [6.45, 7) is 1.73. The summed E-state index contributed by atoms with van der Waals surface area (Å²) >= 11 is 1.50. The number of nitrogens with zero attached hydrogens (tertiary/aromatic N) is 1. The number of fused-ring (bicyclic) bond motifs is 2. The molecule has 3 atom stereocenters. The van der Waals surface area contributed by atoms with Gasteiger partial charge < -0.3 is 10.2 Å². The standard InChI is InChI=1S/C23H28F3N3O4S3/c24-23(25,26)35(30,31)22-13-20(36(27,32)33)8-9-21(22)28-17(15-34-19-4-2-1-3-5-19)10-11-29-14-16-6-7-18(29)12-16/h1-5,8-9,13,16-18,28H,6-7,10-12,14-15H2,(H2,27,32,33)/t16?,17-,18?/m1/s1. The van der Waals surface area contributed by atoms with Gasteiger partial charge in [-0.05, 0) is 61.9 Å². The van der Waals surface area contributed by atoms with Crippen molar-refractivity contribution in [2.45, 2.75) is 58.0 Å². The molecule has 2 fully saturated rings. The monoisotopic (exact) mass is 563 g/mol. The number of alkyl halides is 3. The Bertz CT molecular complexity index is 1290. The third-order valence-electron chi connectivity index (χ3n) is 6.72. The molecule has 1 aliphatic heterocycles. The quantitative estimate of drug-likeness (QED) is 0.420. The van der Waals surface area contributed by atoms with Gasteiger partial charge in [-0.1, -0.05) is 18.2 Å². The average Bonchev–Trinajstić information content (AvgIpc) is 3.43. The molecular weight excluding hydrogens is 535 g/mol. The van der Waals surface area contributed by atoms with Crippen LogP contribution in [0.1, 0.15) is 25.7 Å². The van der Waals surface area contributed by atoms with E-state index in [1.165, 1.54) is 24.6 Å². The molecule has 1 aliphatic carbocycles. The van der Waals surface area contributed by atoms with Crippen LogP contribution >= 0.6 is 11.8 Å². The van der Waals surface area contributed by atoms with Gasteiger partial charge in [0.2, 0.25) is 10.0 Å². The molecule has 0 amide bonds. The average molecular weight is 564 g/mol. The van der Waals surface area contributed by atoms with Crippen molar-refractivity contribution in [3.63, 3.8) is 0 Å². The van der Waals surface area contributed by atoms with Crippen molar-refractivity contribution in [3.8, 4) is 0 Å². The number of rotatable bonds is 10. The molecule has 13 heteroatoms. The first-order valence-corrected chi connectivity index (χ1v) is 15.5. The number of primary sulfonamides is 1. The van der Waals surface area contributed by atoms with Crippen LogP contribution in [0.3, 0.4) is 0 Å². The fraction of sp³-hybridized carbons (Fsp3) is 0.478. The minimum absolute atomic E-state index is 0.304. The summed E-state index contributed by atoms with van der Waals surface area (Å²) in [5.41, 5.74) is -5.91. The number of nitrogens with one attached hydrogen (secondary N) is 1. The largest absolute Gasteiger partial charge is 0.501 e. The van der Waals surface area contributed by atoms with Gasteiger partial charge in [0.1, 0.15) is 4.90 Å². The van der Waals surface area contributed by atoms with E-state index in [-0.39, 0.29) is 11.7 Å². The molecule has 36 heavy (non-hydrogen) atoms. The molecule has 0 spiro atoms. The van der Waals surface area contributed by atoms with Crippen LogP contribution in [0.5, 0.6) is 0 Å². The normalized spacial score (nSPS) is 21.6. The summed E-state index contributed by atoms with van der Waals surface area (Å²) in [5, 5.41) is 8.04. The fourth-order valence-electron chi connectivity index (χ4n) is 4.90. The Morgan fingerprint density at radius 3 is 2.39 bits per heavy atom. The zero-order valence-electron chi connectivity index (χ0n) is 19.3. The van der Waals surface area contributed by atoms with Crippen molar-refractivity contribution in [2.24, 2.45) is 11.1 Å². The van der Waals surface area contributed by atoms with Crippen molar-refractivity contribution in [1.82, 2.24) is 4.90 Å². The van der Waals surface area contributed by atoms with Gasteiger partial charge in [-0.25, -0.2) is 22.0 Å². The molecule has 1 saturated carbocycles. The molecule has 2 unspecified atom stereocenters. The summed E-state index contributed by atoms with van der Waals surface area (Å²) in [7, 11) is -10.3. The molecule has 2 aromatic carbocycles. The van der Waals surface area contributed by atoms with Crippen molar-refractivity contribution in [1.29, 1.82) is 0 Å². The van der Waals surface area contributed by atoms with Crippen molar-refractivity contribution >= 4 is 37.3 Å². The van der Waals surface area contributed by atoms with E-state index in [9.17, 15) is 30.0 Å². The van der Waals surface area contributed by atoms with Gasteiger partial charge in [0.05, 0.1) is 10.6 Å². The summed E-state index contributed by atoms with van der Waals surface area (Å²) in [4.78, 5) is 1.50. The lowest BCUT2D eigenvalue weighted by Crippen LogP contribution is -2.36. The number of sulfone groups is 1. The topological polar surface area (TPSA) is 110 Å². The Labute approximate surface area is 213 Å². The first-order valence-electron chi connectivity index (χ1n) is 11.5. The molecule has 7 nitrogen and oxygen atoms in total. The predicted octanol–water partition coefficient (Wildman–Crippen LogP) is 4.07. The molecule has 2 aromatic rings. The molecule has 3 N–H and O–H groups in total. The maximum atomic E-state index is 13.5. The number of benzene rings is 2. The first-order chi connectivity index (χ1) is 16.8. The zero-order chi connectivity index (χ0) is 26.1. The van der Waals surface area contributed by atoms with Crippen LogP contribution in [0.2, 0.25) is 0 Å². The molecule has 198 valence electrons. The maximum Gasteiger partial charge on any atom is 0.501 e. The Kier molecular flexibility index (Phi) is 7.96. The summed E-state index contributed by atoms with van der Waals surface area (Å²) in [6.07, 6.45) is 4.11. The van der Waals surface area contributed by atoms with Crippen LogP contribution in [0, 0.1) is 5.92 Å². The van der Waals surface area contributed by atoms with Crippen molar-refractivity contribution in [3.05, 3.63) is 48.5 Å². The molecule has 1 heterocycles. The lowest BCUT2D eigenvalue weighted by atomic mass is 10.1. The summed E-state index contributed by atoms with van der Waals surface area (Å²) < 4.78 is 88.6. The van der Waals surface area contributed by atoms with E-state index in [1.807, 2.05) is 30.3 Å². The highest BCUT2D eigenvalue weighted by Gasteiger charge is 2.48. The van der Waals surface area contributed by atoms with Gasteiger partial charge in [-0.3, -0.25) is 0 Å². The molecule has 2 bridgehead atoms. The van der Waals surface area contributed by atoms with E-state index < -0.39 is 35.2 Å². The van der Waals surface area contributed by atoms with Gasteiger partial charge in [0, 0.05) is 35.8 Å². The lowest BCUT2D eigenvalue weighted by Gasteiger charge is -2.29. The molecule has 0 radical (unpaired) electrons. The van der Waals surface area contributed by atoms with Crippen molar-refractivity contribution < 1.29 is 30.0 Å². The fourth-order valence-corrected chi connectivity index (χ4v) is 7.45. The highest BCUT2D eigenvalue weighted by Crippen LogP contribution is 2.38. The minimum Gasteiger partial charge on any atom is -0.380 e. The number of piperidine rings is 1. The van der Waals surface area contributed by atoms with Crippen LogP contribution in [0.15, 0.2) is 63.2 Å².